The lowest BCUT2D eigenvalue weighted by molar-refractivity contribution is -0.144. The van der Waals surface area contributed by atoms with Crippen LogP contribution >= 0.6 is 11.6 Å². The Hall–Kier alpha value is -2.91. The number of benzene rings is 1. The van der Waals surface area contributed by atoms with Gasteiger partial charge in [0.15, 0.2) is 0 Å². The lowest BCUT2D eigenvalue weighted by Gasteiger charge is -2.40. The SMILES string of the molecule is CCCC[C@@H]1CN(C(=O)[C@@H]2COCCN2C(=O)OC(C)(C)C)Cc2c1nc(-c1ccc(Cl)cc1)[nH]c2=O. The molecule has 10 heteroatoms. The smallest absolute Gasteiger partial charge is 0.411 e. The maximum absolute atomic E-state index is 13.7. The number of nitrogens with zero attached hydrogens (tertiary/aromatic N) is 3. The Labute approximate surface area is 222 Å². The van der Waals surface area contributed by atoms with Crippen LogP contribution in [0.3, 0.4) is 0 Å². The van der Waals surface area contributed by atoms with E-state index in [9.17, 15) is 14.4 Å². The summed E-state index contributed by atoms with van der Waals surface area (Å²) in [6, 6.07) is 6.35. The summed E-state index contributed by atoms with van der Waals surface area (Å²) in [6.07, 6.45) is 2.17. The molecular formula is C27H35ClN4O5. The molecule has 2 aliphatic heterocycles. The number of nitrogens with one attached hydrogen (secondary N) is 1. The Bertz CT molecular complexity index is 1190. The van der Waals surface area contributed by atoms with Crippen LogP contribution in [0.5, 0.6) is 0 Å². The molecule has 1 aromatic heterocycles. The van der Waals surface area contributed by atoms with Crippen molar-refractivity contribution in [1.82, 2.24) is 19.8 Å². The fourth-order valence-electron chi connectivity index (χ4n) is 4.76. The van der Waals surface area contributed by atoms with E-state index in [1.54, 1.807) is 37.8 Å². The third-order valence-corrected chi connectivity index (χ3v) is 6.85. The number of amides is 2. The number of aromatic nitrogens is 2. The molecule has 1 saturated heterocycles. The number of halogens is 1. The number of aromatic amines is 1. The van der Waals surface area contributed by atoms with Crippen LogP contribution in [0.15, 0.2) is 29.1 Å². The van der Waals surface area contributed by atoms with Crippen LogP contribution in [-0.4, -0.2) is 69.7 Å². The number of rotatable bonds is 5. The third-order valence-electron chi connectivity index (χ3n) is 6.60. The predicted molar refractivity (Wildman–Crippen MR) is 141 cm³/mol. The lowest BCUT2D eigenvalue weighted by atomic mass is 9.90. The van der Waals surface area contributed by atoms with E-state index in [0.29, 0.717) is 29.6 Å². The van der Waals surface area contributed by atoms with Gasteiger partial charge < -0.3 is 19.4 Å². The summed E-state index contributed by atoms with van der Waals surface area (Å²) in [6.45, 7) is 8.71. The summed E-state index contributed by atoms with van der Waals surface area (Å²) in [7, 11) is 0. The number of hydrogen-bond acceptors (Lipinski definition) is 6. The molecule has 1 N–H and O–H groups in total. The number of ether oxygens (including phenoxy) is 2. The second kappa shape index (κ2) is 11.2. The van der Waals surface area contributed by atoms with Crippen LogP contribution in [-0.2, 0) is 20.8 Å². The molecule has 0 saturated carbocycles. The Balaban J connectivity index is 1.63. The van der Waals surface area contributed by atoms with Crippen molar-refractivity contribution in [3.8, 4) is 11.4 Å². The quantitative estimate of drug-likeness (QED) is 0.616. The molecule has 1 aromatic carbocycles. The average Bonchev–Trinajstić information content (AvgIpc) is 2.86. The Morgan fingerprint density at radius 3 is 2.65 bits per heavy atom. The number of morpholine rings is 1. The molecule has 9 nitrogen and oxygen atoms in total. The molecular weight excluding hydrogens is 496 g/mol. The molecule has 2 aromatic rings. The van der Waals surface area contributed by atoms with E-state index in [4.69, 9.17) is 26.1 Å². The lowest BCUT2D eigenvalue weighted by Crippen LogP contribution is -2.58. The highest BCUT2D eigenvalue weighted by Crippen LogP contribution is 2.31. The number of carbonyl (C=O) groups is 2. The van der Waals surface area contributed by atoms with E-state index in [0.717, 1.165) is 30.5 Å². The van der Waals surface area contributed by atoms with Gasteiger partial charge in [0.25, 0.3) is 5.56 Å². The molecule has 4 rings (SSSR count). The summed E-state index contributed by atoms with van der Waals surface area (Å²) in [5, 5.41) is 0.603. The standard InChI is InChI=1S/C27H35ClN4O5/c1-5-6-7-18-14-31(25(34)21-16-36-13-12-32(21)26(35)37-27(2,3)4)15-20-22(18)29-23(30-24(20)33)17-8-10-19(28)11-9-17/h8-11,18,21H,5-7,12-16H2,1-4H3,(H,29,30,33)/t18-,21+/m1/s1. The zero-order chi connectivity index (χ0) is 26.7. The Morgan fingerprint density at radius 1 is 1.24 bits per heavy atom. The van der Waals surface area contributed by atoms with Gasteiger partial charge in [-0.2, -0.15) is 0 Å². The van der Waals surface area contributed by atoms with Gasteiger partial charge in [0.05, 0.1) is 31.0 Å². The molecule has 2 amide bonds. The van der Waals surface area contributed by atoms with Gasteiger partial charge in [-0.15, -0.1) is 0 Å². The first-order valence-electron chi connectivity index (χ1n) is 12.8. The predicted octanol–water partition coefficient (Wildman–Crippen LogP) is 4.34. The maximum atomic E-state index is 13.7. The van der Waals surface area contributed by atoms with Crippen molar-refractivity contribution in [1.29, 1.82) is 0 Å². The van der Waals surface area contributed by atoms with Gasteiger partial charge in [0.2, 0.25) is 5.91 Å². The average molecular weight is 531 g/mol. The number of unbranched alkanes of at least 4 members (excludes halogenated alkanes) is 1. The van der Waals surface area contributed by atoms with E-state index in [2.05, 4.69) is 11.9 Å². The molecule has 2 atom stereocenters. The topological polar surface area (TPSA) is 105 Å². The first kappa shape index (κ1) is 27.1. The van der Waals surface area contributed by atoms with Crippen molar-refractivity contribution >= 4 is 23.6 Å². The van der Waals surface area contributed by atoms with Crippen molar-refractivity contribution in [2.45, 2.75) is 71.1 Å². The Kier molecular flexibility index (Phi) is 8.23. The molecule has 0 unspecified atom stereocenters. The van der Waals surface area contributed by atoms with E-state index >= 15 is 0 Å². The highest BCUT2D eigenvalue weighted by atomic mass is 35.5. The molecule has 0 radical (unpaired) electrons. The minimum Gasteiger partial charge on any atom is -0.444 e. The van der Waals surface area contributed by atoms with Crippen LogP contribution in [0.25, 0.3) is 11.4 Å². The van der Waals surface area contributed by atoms with Crippen LogP contribution in [0.1, 0.15) is 64.1 Å². The maximum Gasteiger partial charge on any atom is 0.411 e. The van der Waals surface area contributed by atoms with Crippen LogP contribution in [0.4, 0.5) is 4.79 Å². The van der Waals surface area contributed by atoms with E-state index in [-0.39, 0.29) is 37.1 Å². The monoisotopic (exact) mass is 530 g/mol. The van der Waals surface area contributed by atoms with Crippen LogP contribution in [0.2, 0.25) is 5.02 Å². The Morgan fingerprint density at radius 2 is 1.97 bits per heavy atom. The molecule has 0 aliphatic carbocycles. The molecule has 0 spiro atoms. The molecule has 2 aliphatic rings. The summed E-state index contributed by atoms with van der Waals surface area (Å²) in [5.74, 6) is 0.137. The van der Waals surface area contributed by atoms with Crippen LogP contribution < -0.4 is 5.56 Å². The highest BCUT2D eigenvalue weighted by Gasteiger charge is 2.40. The summed E-state index contributed by atoms with van der Waals surface area (Å²) >= 11 is 6.03. The molecule has 37 heavy (non-hydrogen) atoms. The molecule has 0 bridgehead atoms. The summed E-state index contributed by atoms with van der Waals surface area (Å²) < 4.78 is 11.1. The van der Waals surface area contributed by atoms with Gasteiger partial charge in [-0.25, -0.2) is 9.78 Å². The highest BCUT2D eigenvalue weighted by molar-refractivity contribution is 6.30. The van der Waals surface area contributed by atoms with Crippen molar-refractivity contribution in [3.63, 3.8) is 0 Å². The van der Waals surface area contributed by atoms with E-state index < -0.39 is 17.7 Å². The van der Waals surface area contributed by atoms with Crippen molar-refractivity contribution in [2.75, 3.05) is 26.3 Å². The minimum atomic E-state index is -0.808. The first-order valence-corrected chi connectivity index (χ1v) is 13.2. The van der Waals surface area contributed by atoms with Crippen molar-refractivity contribution < 1.29 is 19.1 Å². The minimum absolute atomic E-state index is 0.0885. The van der Waals surface area contributed by atoms with Crippen molar-refractivity contribution in [2.24, 2.45) is 0 Å². The largest absolute Gasteiger partial charge is 0.444 e. The summed E-state index contributed by atoms with van der Waals surface area (Å²) in [5.41, 5.74) is 1.04. The zero-order valence-electron chi connectivity index (χ0n) is 21.9. The second-order valence-electron chi connectivity index (χ2n) is 10.6. The first-order chi connectivity index (χ1) is 17.6. The van der Waals surface area contributed by atoms with Gasteiger partial charge in [-0.1, -0.05) is 31.4 Å². The van der Waals surface area contributed by atoms with Gasteiger partial charge in [0, 0.05) is 29.6 Å². The second-order valence-corrected chi connectivity index (χ2v) is 11.0. The number of carbonyl (C=O) groups excluding carboxylic acids is 2. The number of fused-ring (bicyclic) bond motifs is 1. The van der Waals surface area contributed by atoms with Gasteiger partial charge in [0.1, 0.15) is 17.5 Å². The van der Waals surface area contributed by atoms with Gasteiger partial charge >= 0.3 is 6.09 Å². The van der Waals surface area contributed by atoms with E-state index in [1.807, 2.05) is 12.1 Å². The number of hydrogen-bond donors (Lipinski definition) is 1. The fourth-order valence-corrected chi connectivity index (χ4v) is 4.89. The van der Waals surface area contributed by atoms with Crippen molar-refractivity contribution in [3.05, 3.63) is 50.9 Å². The normalized spacial score (nSPS) is 19.9. The molecule has 200 valence electrons. The van der Waals surface area contributed by atoms with Gasteiger partial charge in [-0.05, 0) is 51.5 Å². The van der Waals surface area contributed by atoms with Gasteiger partial charge in [-0.3, -0.25) is 14.5 Å². The summed E-state index contributed by atoms with van der Waals surface area (Å²) in [4.78, 5) is 50.7. The van der Waals surface area contributed by atoms with Crippen LogP contribution in [0, 0.1) is 0 Å². The third kappa shape index (κ3) is 6.33. The molecule has 1 fully saturated rings. The molecule has 3 heterocycles. The fraction of sp³-hybridized carbons (Fsp3) is 0.556. The number of H-pyrrole nitrogens is 1. The zero-order valence-corrected chi connectivity index (χ0v) is 22.6. The van der Waals surface area contributed by atoms with E-state index in [1.165, 1.54) is 4.90 Å².